The summed E-state index contributed by atoms with van der Waals surface area (Å²) in [5, 5.41) is 8.76. The van der Waals surface area contributed by atoms with Gasteiger partial charge in [-0.2, -0.15) is 0 Å². The first-order valence-electron chi connectivity index (χ1n) is 7.35. The van der Waals surface area contributed by atoms with Crippen molar-refractivity contribution in [3.8, 4) is 0 Å². The van der Waals surface area contributed by atoms with E-state index in [-0.39, 0.29) is 6.04 Å². The molecule has 2 aromatic carbocycles. The number of benzene rings is 2. The maximum atomic E-state index is 4.44. The molecule has 2 atom stereocenters. The molecule has 3 aromatic rings. The fraction of sp³-hybridized carbons (Fsp3) is 0.294. The Kier molecular flexibility index (Phi) is 2.70. The van der Waals surface area contributed by atoms with E-state index in [0.717, 1.165) is 17.6 Å². The highest BCUT2D eigenvalue weighted by Gasteiger charge is 2.32. The van der Waals surface area contributed by atoms with Crippen LogP contribution in [-0.2, 0) is 0 Å². The van der Waals surface area contributed by atoms with Gasteiger partial charge in [0.05, 0.1) is 11.6 Å². The maximum absolute atomic E-state index is 4.44. The molecule has 1 aliphatic rings. The number of rotatable bonds is 1. The molecular formula is C17H18N4. The van der Waals surface area contributed by atoms with Crippen LogP contribution < -0.4 is 4.90 Å². The summed E-state index contributed by atoms with van der Waals surface area (Å²) in [6, 6.07) is 17.0. The first-order valence-corrected chi connectivity index (χ1v) is 7.35. The second kappa shape index (κ2) is 4.58. The lowest BCUT2D eigenvalue weighted by Crippen LogP contribution is -2.36. The van der Waals surface area contributed by atoms with Gasteiger partial charge in [-0.25, -0.2) is 4.68 Å². The van der Waals surface area contributed by atoms with E-state index in [1.807, 2.05) is 18.2 Å². The molecule has 0 saturated carbocycles. The van der Waals surface area contributed by atoms with E-state index in [1.54, 1.807) is 0 Å². The second-order valence-electron chi connectivity index (χ2n) is 5.88. The molecule has 0 aliphatic carbocycles. The zero-order valence-electron chi connectivity index (χ0n) is 12.3. The molecule has 1 aromatic heterocycles. The van der Waals surface area contributed by atoms with Crippen LogP contribution in [0.3, 0.4) is 0 Å². The normalized spacial score (nSPS) is 21.5. The largest absolute Gasteiger partial charge is 0.374 e. The molecule has 0 spiro atoms. The van der Waals surface area contributed by atoms with Crippen molar-refractivity contribution in [1.29, 1.82) is 0 Å². The van der Waals surface area contributed by atoms with Gasteiger partial charge in [-0.05, 0) is 18.2 Å². The van der Waals surface area contributed by atoms with Crippen molar-refractivity contribution in [2.75, 3.05) is 18.5 Å². The highest BCUT2D eigenvalue weighted by atomic mass is 15.4. The number of nitrogens with zero attached hydrogens (tertiary/aromatic N) is 4. The smallest absolute Gasteiger partial charge is 0.113 e. The summed E-state index contributed by atoms with van der Waals surface area (Å²) in [6.45, 7) is 3.31. The summed E-state index contributed by atoms with van der Waals surface area (Å²) < 4.78 is 2.09. The topological polar surface area (TPSA) is 34.0 Å². The second-order valence-corrected chi connectivity index (χ2v) is 5.88. The van der Waals surface area contributed by atoms with Gasteiger partial charge in [-0.1, -0.05) is 42.5 Å². The van der Waals surface area contributed by atoms with Crippen LogP contribution >= 0.6 is 0 Å². The van der Waals surface area contributed by atoms with Crippen LogP contribution in [0.25, 0.3) is 11.0 Å². The van der Waals surface area contributed by atoms with Crippen LogP contribution in [-0.4, -0.2) is 28.6 Å². The Morgan fingerprint density at radius 1 is 1.05 bits per heavy atom. The summed E-state index contributed by atoms with van der Waals surface area (Å²) in [7, 11) is 2.16. The van der Waals surface area contributed by atoms with Crippen LogP contribution in [0.2, 0.25) is 0 Å². The fourth-order valence-corrected chi connectivity index (χ4v) is 3.49. The van der Waals surface area contributed by atoms with Crippen LogP contribution in [0, 0.1) is 5.92 Å². The third kappa shape index (κ3) is 1.82. The Morgan fingerprint density at radius 2 is 1.81 bits per heavy atom. The third-order valence-corrected chi connectivity index (χ3v) is 4.41. The Labute approximate surface area is 124 Å². The number of para-hydroxylation sites is 2. The summed E-state index contributed by atoms with van der Waals surface area (Å²) in [6.07, 6.45) is 0. The fourth-order valence-electron chi connectivity index (χ4n) is 3.49. The van der Waals surface area contributed by atoms with Gasteiger partial charge in [0.2, 0.25) is 0 Å². The van der Waals surface area contributed by atoms with Crippen molar-refractivity contribution in [2.45, 2.75) is 13.0 Å². The van der Waals surface area contributed by atoms with E-state index in [2.05, 4.69) is 64.2 Å². The average Bonchev–Trinajstić information content (AvgIpc) is 2.92. The number of aromatic nitrogens is 3. The molecule has 4 nitrogen and oxygen atoms in total. The van der Waals surface area contributed by atoms with Crippen molar-refractivity contribution in [2.24, 2.45) is 5.92 Å². The Hall–Kier alpha value is -2.36. The summed E-state index contributed by atoms with van der Waals surface area (Å²) in [5.74, 6) is 0.481. The molecule has 106 valence electrons. The molecule has 0 amide bonds. The number of hydrogen-bond donors (Lipinski definition) is 0. The molecule has 0 fully saturated rings. The molecule has 2 heterocycles. The molecule has 1 aliphatic heterocycles. The molecule has 0 radical (unpaired) electrons. The van der Waals surface area contributed by atoms with E-state index in [0.29, 0.717) is 5.92 Å². The van der Waals surface area contributed by atoms with Gasteiger partial charge in [0, 0.05) is 30.8 Å². The summed E-state index contributed by atoms with van der Waals surface area (Å²) >= 11 is 0. The van der Waals surface area contributed by atoms with Crippen LogP contribution in [0.5, 0.6) is 0 Å². The van der Waals surface area contributed by atoms with Gasteiger partial charge in [-0.3, -0.25) is 0 Å². The van der Waals surface area contributed by atoms with E-state index in [9.17, 15) is 0 Å². The van der Waals surface area contributed by atoms with Gasteiger partial charge in [0.15, 0.2) is 0 Å². The minimum atomic E-state index is 0.241. The molecule has 21 heavy (non-hydrogen) atoms. The quantitative estimate of drug-likeness (QED) is 0.686. The molecule has 0 unspecified atom stereocenters. The Bertz CT molecular complexity index is 792. The zero-order chi connectivity index (χ0) is 14.4. The molecular weight excluding hydrogens is 260 g/mol. The highest BCUT2D eigenvalue weighted by molar-refractivity contribution is 5.74. The SMILES string of the molecule is C[C@H]1CN(C)c2ccccc2[C@@H]1n1nnc2ccccc21. The minimum absolute atomic E-state index is 0.241. The zero-order valence-corrected chi connectivity index (χ0v) is 12.3. The first kappa shape index (κ1) is 12.4. The van der Waals surface area contributed by atoms with Crippen molar-refractivity contribution in [3.63, 3.8) is 0 Å². The molecule has 4 rings (SSSR count). The molecule has 4 heteroatoms. The van der Waals surface area contributed by atoms with E-state index in [4.69, 9.17) is 0 Å². The Balaban J connectivity index is 1.93. The highest BCUT2D eigenvalue weighted by Crippen LogP contribution is 2.39. The predicted molar refractivity (Wildman–Crippen MR) is 84.5 cm³/mol. The van der Waals surface area contributed by atoms with Crippen molar-refractivity contribution in [1.82, 2.24) is 15.0 Å². The van der Waals surface area contributed by atoms with Gasteiger partial charge < -0.3 is 4.90 Å². The lowest BCUT2D eigenvalue weighted by Gasteiger charge is -2.37. The van der Waals surface area contributed by atoms with Gasteiger partial charge in [0.1, 0.15) is 5.52 Å². The van der Waals surface area contributed by atoms with E-state index < -0.39 is 0 Å². The minimum Gasteiger partial charge on any atom is -0.374 e. The summed E-state index contributed by atoms with van der Waals surface area (Å²) in [5.41, 5.74) is 4.68. The van der Waals surface area contributed by atoms with Gasteiger partial charge in [0.25, 0.3) is 0 Å². The van der Waals surface area contributed by atoms with Crippen LogP contribution in [0.15, 0.2) is 48.5 Å². The van der Waals surface area contributed by atoms with Crippen molar-refractivity contribution in [3.05, 3.63) is 54.1 Å². The Morgan fingerprint density at radius 3 is 2.71 bits per heavy atom. The third-order valence-electron chi connectivity index (χ3n) is 4.41. The number of anilines is 1. The predicted octanol–water partition coefficient (Wildman–Crippen LogP) is 3.11. The van der Waals surface area contributed by atoms with Crippen LogP contribution in [0.4, 0.5) is 5.69 Å². The van der Waals surface area contributed by atoms with E-state index >= 15 is 0 Å². The maximum Gasteiger partial charge on any atom is 0.113 e. The van der Waals surface area contributed by atoms with Gasteiger partial charge in [-0.15, -0.1) is 5.10 Å². The molecule has 0 bridgehead atoms. The first-order chi connectivity index (χ1) is 10.3. The monoisotopic (exact) mass is 278 g/mol. The molecule has 0 saturated heterocycles. The lowest BCUT2D eigenvalue weighted by molar-refractivity contribution is 0.367. The van der Waals surface area contributed by atoms with Crippen molar-refractivity contribution >= 4 is 16.7 Å². The number of hydrogen-bond acceptors (Lipinski definition) is 3. The van der Waals surface area contributed by atoms with Gasteiger partial charge >= 0.3 is 0 Å². The lowest BCUT2D eigenvalue weighted by atomic mass is 9.88. The molecule has 0 N–H and O–H groups in total. The average molecular weight is 278 g/mol. The standard InChI is InChI=1S/C17H18N4/c1-12-11-20(2)15-9-5-3-7-13(15)17(12)21-16-10-6-4-8-14(16)18-19-21/h3-10,12,17H,11H2,1-2H3/t12-,17+/m0/s1. The van der Waals surface area contributed by atoms with Crippen molar-refractivity contribution < 1.29 is 0 Å². The van der Waals surface area contributed by atoms with E-state index in [1.165, 1.54) is 11.3 Å². The number of fused-ring (bicyclic) bond motifs is 2. The summed E-state index contributed by atoms with van der Waals surface area (Å²) in [4.78, 5) is 2.33. The van der Waals surface area contributed by atoms with Crippen LogP contribution in [0.1, 0.15) is 18.5 Å².